The van der Waals surface area contributed by atoms with Crippen LogP contribution in [0.2, 0.25) is 0 Å². The van der Waals surface area contributed by atoms with E-state index in [0.717, 1.165) is 4.47 Å². The molecule has 0 bridgehead atoms. The standard InChI is InChI=1S/C14H11BrFNOS/c1-8-7-9(16)5-6-11(8)18-12-4-2-3-10(15)13(12)14(17)19/h2-7H,1H3,(H2,17,19). The van der Waals surface area contributed by atoms with E-state index in [2.05, 4.69) is 15.9 Å². The van der Waals surface area contributed by atoms with Crippen LogP contribution in [0.4, 0.5) is 4.39 Å². The quantitative estimate of drug-likeness (QED) is 0.845. The van der Waals surface area contributed by atoms with Crippen molar-refractivity contribution < 1.29 is 9.13 Å². The van der Waals surface area contributed by atoms with E-state index < -0.39 is 0 Å². The summed E-state index contributed by atoms with van der Waals surface area (Å²) < 4.78 is 19.6. The van der Waals surface area contributed by atoms with Gasteiger partial charge in [0.1, 0.15) is 22.3 Å². The van der Waals surface area contributed by atoms with Gasteiger partial charge in [-0.1, -0.05) is 18.3 Å². The van der Waals surface area contributed by atoms with Gasteiger partial charge in [0.2, 0.25) is 0 Å². The number of halogens is 2. The van der Waals surface area contributed by atoms with Crippen molar-refractivity contribution in [2.75, 3.05) is 0 Å². The molecule has 0 radical (unpaired) electrons. The summed E-state index contributed by atoms with van der Waals surface area (Å²) in [6.07, 6.45) is 0. The van der Waals surface area contributed by atoms with E-state index in [0.29, 0.717) is 22.6 Å². The number of benzene rings is 2. The zero-order chi connectivity index (χ0) is 14.0. The number of thiocarbonyl (C=S) groups is 1. The number of nitrogens with two attached hydrogens (primary N) is 1. The van der Waals surface area contributed by atoms with Gasteiger partial charge in [0.15, 0.2) is 0 Å². The average Bonchev–Trinajstić information content (AvgIpc) is 2.32. The minimum absolute atomic E-state index is 0.238. The Morgan fingerprint density at radius 3 is 2.63 bits per heavy atom. The molecular formula is C14H11BrFNOS. The Bertz CT molecular complexity index is 645. The number of hydrogen-bond acceptors (Lipinski definition) is 2. The maximum atomic E-state index is 13.1. The normalized spacial score (nSPS) is 10.3. The molecule has 0 saturated heterocycles. The molecule has 5 heteroatoms. The molecule has 0 fully saturated rings. The van der Waals surface area contributed by atoms with E-state index in [1.807, 2.05) is 12.1 Å². The van der Waals surface area contributed by atoms with Crippen molar-refractivity contribution in [1.29, 1.82) is 0 Å². The van der Waals surface area contributed by atoms with Crippen molar-refractivity contribution in [3.05, 3.63) is 57.8 Å². The van der Waals surface area contributed by atoms with Crippen LogP contribution in [0.25, 0.3) is 0 Å². The van der Waals surface area contributed by atoms with Gasteiger partial charge in [0.05, 0.1) is 5.56 Å². The van der Waals surface area contributed by atoms with Crippen LogP contribution in [-0.2, 0) is 0 Å². The van der Waals surface area contributed by atoms with Crippen LogP contribution >= 0.6 is 28.1 Å². The molecule has 2 aromatic rings. The van der Waals surface area contributed by atoms with Gasteiger partial charge in [0.25, 0.3) is 0 Å². The van der Waals surface area contributed by atoms with Gasteiger partial charge in [-0.3, -0.25) is 0 Å². The summed E-state index contributed by atoms with van der Waals surface area (Å²) in [5.74, 6) is 0.808. The Hall–Kier alpha value is -1.46. The molecule has 2 rings (SSSR count). The van der Waals surface area contributed by atoms with Crippen molar-refractivity contribution in [3.8, 4) is 11.5 Å². The Labute approximate surface area is 124 Å². The fraction of sp³-hybridized carbons (Fsp3) is 0.0714. The van der Waals surface area contributed by atoms with Gasteiger partial charge in [-0.2, -0.15) is 0 Å². The van der Waals surface area contributed by atoms with Gasteiger partial charge < -0.3 is 10.5 Å². The molecule has 2 N–H and O–H groups in total. The first-order valence-electron chi connectivity index (χ1n) is 5.51. The average molecular weight is 340 g/mol. The van der Waals surface area contributed by atoms with E-state index in [1.54, 1.807) is 19.1 Å². The van der Waals surface area contributed by atoms with Crippen LogP contribution < -0.4 is 10.5 Å². The van der Waals surface area contributed by atoms with Gasteiger partial charge >= 0.3 is 0 Å². The fourth-order valence-electron chi connectivity index (χ4n) is 1.67. The lowest BCUT2D eigenvalue weighted by Gasteiger charge is -2.13. The Morgan fingerprint density at radius 1 is 1.26 bits per heavy atom. The second kappa shape index (κ2) is 5.67. The molecule has 0 saturated carbocycles. The third-order valence-electron chi connectivity index (χ3n) is 2.58. The first-order valence-corrected chi connectivity index (χ1v) is 6.71. The molecule has 0 spiro atoms. The molecule has 0 aromatic heterocycles. The number of hydrogen-bond donors (Lipinski definition) is 1. The molecule has 0 aliphatic rings. The third-order valence-corrected chi connectivity index (χ3v) is 3.44. The smallest absolute Gasteiger partial charge is 0.138 e. The van der Waals surface area contributed by atoms with Crippen molar-refractivity contribution >= 4 is 33.1 Å². The summed E-state index contributed by atoms with van der Waals surface area (Å²) in [6, 6.07) is 9.75. The van der Waals surface area contributed by atoms with Crippen molar-refractivity contribution in [2.45, 2.75) is 6.92 Å². The lowest BCUT2D eigenvalue weighted by atomic mass is 10.2. The van der Waals surface area contributed by atoms with E-state index in [1.165, 1.54) is 12.1 Å². The molecule has 0 aliphatic carbocycles. The highest BCUT2D eigenvalue weighted by Crippen LogP contribution is 2.32. The topological polar surface area (TPSA) is 35.2 Å². The highest BCUT2D eigenvalue weighted by molar-refractivity contribution is 9.10. The number of aryl methyl sites for hydroxylation is 1. The van der Waals surface area contributed by atoms with Gasteiger partial charge in [-0.05, 0) is 58.7 Å². The molecular weight excluding hydrogens is 329 g/mol. The van der Waals surface area contributed by atoms with Gasteiger partial charge in [-0.15, -0.1) is 0 Å². The molecule has 19 heavy (non-hydrogen) atoms. The monoisotopic (exact) mass is 339 g/mol. The van der Waals surface area contributed by atoms with Crippen molar-refractivity contribution in [1.82, 2.24) is 0 Å². The summed E-state index contributed by atoms with van der Waals surface area (Å²) in [7, 11) is 0. The van der Waals surface area contributed by atoms with E-state index in [4.69, 9.17) is 22.7 Å². The molecule has 0 unspecified atom stereocenters. The third kappa shape index (κ3) is 3.11. The lowest BCUT2D eigenvalue weighted by molar-refractivity contribution is 0.475. The van der Waals surface area contributed by atoms with Crippen LogP contribution in [0.15, 0.2) is 40.9 Å². The molecule has 0 aliphatic heterocycles. The van der Waals surface area contributed by atoms with Crippen LogP contribution in [0.5, 0.6) is 11.5 Å². The Balaban J connectivity index is 2.44. The van der Waals surface area contributed by atoms with Gasteiger partial charge in [0, 0.05) is 4.47 Å². The number of rotatable bonds is 3. The summed E-state index contributed by atoms with van der Waals surface area (Å²) >= 11 is 8.40. The molecule has 0 heterocycles. The SMILES string of the molecule is Cc1cc(F)ccc1Oc1cccc(Br)c1C(N)=S. The van der Waals surface area contributed by atoms with E-state index >= 15 is 0 Å². The minimum atomic E-state index is -0.298. The minimum Gasteiger partial charge on any atom is -0.456 e. The predicted molar refractivity (Wildman–Crippen MR) is 81.2 cm³/mol. The van der Waals surface area contributed by atoms with E-state index in [9.17, 15) is 4.39 Å². The fourth-order valence-corrected chi connectivity index (χ4v) is 2.58. The van der Waals surface area contributed by atoms with Gasteiger partial charge in [-0.25, -0.2) is 4.39 Å². The van der Waals surface area contributed by atoms with Crippen LogP contribution in [0.1, 0.15) is 11.1 Å². The molecule has 2 aromatic carbocycles. The van der Waals surface area contributed by atoms with Crippen LogP contribution in [0, 0.1) is 12.7 Å². The highest BCUT2D eigenvalue weighted by atomic mass is 79.9. The number of ether oxygens (including phenoxy) is 1. The van der Waals surface area contributed by atoms with Crippen molar-refractivity contribution in [2.24, 2.45) is 5.73 Å². The largest absolute Gasteiger partial charge is 0.456 e. The zero-order valence-corrected chi connectivity index (χ0v) is 12.5. The lowest BCUT2D eigenvalue weighted by Crippen LogP contribution is -2.11. The first kappa shape index (κ1) is 14.0. The van der Waals surface area contributed by atoms with Crippen LogP contribution in [0.3, 0.4) is 0 Å². The highest BCUT2D eigenvalue weighted by Gasteiger charge is 2.12. The maximum absolute atomic E-state index is 13.1. The van der Waals surface area contributed by atoms with Crippen molar-refractivity contribution in [3.63, 3.8) is 0 Å². The molecule has 2 nitrogen and oxygen atoms in total. The Morgan fingerprint density at radius 2 is 2.00 bits per heavy atom. The molecule has 0 amide bonds. The first-order chi connectivity index (χ1) is 8.99. The maximum Gasteiger partial charge on any atom is 0.138 e. The Kier molecular flexibility index (Phi) is 4.17. The van der Waals surface area contributed by atoms with E-state index in [-0.39, 0.29) is 10.8 Å². The second-order valence-electron chi connectivity index (χ2n) is 3.99. The predicted octanol–water partition coefficient (Wildman–Crippen LogP) is 4.32. The summed E-state index contributed by atoms with van der Waals surface area (Å²) in [5.41, 5.74) is 7.02. The summed E-state index contributed by atoms with van der Waals surface area (Å²) in [5, 5.41) is 0. The molecule has 0 atom stereocenters. The summed E-state index contributed by atoms with van der Waals surface area (Å²) in [6.45, 7) is 1.77. The second-order valence-corrected chi connectivity index (χ2v) is 5.28. The summed E-state index contributed by atoms with van der Waals surface area (Å²) in [4.78, 5) is 0.238. The zero-order valence-electron chi connectivity index (χ0n) is 10.1. The van der Waals surface area contributed by atoms with Crippen LogP contribution in [-0.4, -0.2) is 4.99 Å². The molecule has 98 valence electrons.